The van der Waals surface area contributed by atoms with Gasteiger partial charge in [-0.15, -0.1) is 0 Å². The van der Waals surface area contributed by atoms with Gasteiger partial charge in [0.15, 0.2) is 0 Å². The molecule has 48 heavy (non-hydrogen) atoms. The van der Waals surface area contributed by atoms with Gasteiger partial charge in [0.25, 0.3) is 0 Å². The predicted molar refractivity (Wildman–Crippen MR) is 195 cm³/mol. The fraction of sp³-hybridized carbons (Fsp3) is 0. The lowest BCUT2D eigenvalue weighted by atomic mass is 9.94. The Morgan fingerprint density at radius 1 is 0.396 bits per heavy atom. The summed E-state index contributed by atoms with van der Waals surface area (Å²) < 4.78 is 4.48. The third-order valence-corrected chi connectivity index (χ3v) is 9.39. The number of hydrogen-bond donors (Lipinski definition) is 0. The van der Waals surface area contributed by atoms with Crippen LogP contribution in [0.25, 0.3) is 77.2 Å². The zero-order valence-corrected chi connectivity index (χ0v) is 25.8. The van der Waals surface area contributed by atoms with Crippen LogP contribution in [-0.2, 0) is 0 Å². The predicted octanol–water partition coefficient (Wildman–Crippen LogP) is 11.0. The molecule has 7 aromatic carbocycles. The van der Waals surface area contributed by atoms with Gasteiger partial charge in [0, 0.05) is 32.8 Å². The van der Waals surface area contributed by atoms with Crippen molar-refractivity contribution in [3.05, 3.63) is 169 Å². The Labute approximate surface area is 277 Å². The SMILES string of the molecule is N#Cc1cccc(-n2c3ccccc3c3cccc(C#N)c32)c1-c1cccc(-c2cccc(-n3c4ccccc4c4ccccc43)c2)c1. The minimum Gasteiger partial charge on any atom is -0.309 e. The summed E-state index contributed by atoms with van der Waals surface area (Å²) in [7, 11) is 0. The van der Waals surface area contributed by atoms with Gasteiger partial charge in [0.1, 0.15) is 6.07 Å². The standard InChI is InChI=1S/C44H26N4/c45-27-32-14-10-24-42(48-41-23-6-3-19-37(41)38-20-9-15-33(28-46)44(38)48)43(32)31-13-7-11-29(25-31)30-12-8-16-34(26-30)47-39-21-4-1-17-35(39)36-18-2-5-22-40(36)47/h1-26H. The van der Waals surface area contributed by atoms with E-state index in [1.165, 1.54) is 21.8 Å². The zero-order chi connectivity index (χ0) is 32.2. The number of nitriles is 2. The number of aromatic nitrogens is 2. The molecule has 0 unspecified atom stereocenters. The second-order valence-corrected chi connectivity index (χ2v) is 12.0. The number of fused-ring (bicyclic) bond motifs is 6. The molecule has 0 atom stereocenters. The smallest absolute Gasteiger partial charge is 0.101 e. The highest BCUT2D eigenvalue weighted by Crippen LogP contribution is 2.40. The van der Waals surface area contributed by atoms with E-state index in [0.717, 1.165) is 55.4 Å². The molecule has 0 spiro atoms. The van der Waals surface area contributed by atoms with E-state index in [1.807, 2.05) is 42.5 Å². The fourth-order valence-corrected chi connectivity index (χ4v) is 7.36. The summed E-state index contributed by atoms with van der Waals surface area (Å²) in [5.41, 5.74) is 11.2. The first-order valence-corrected chi connectivity index (χ1v) is 15.9. The van der Waals surface area contributed by atoms with E-state index in [0.29, 0.717) is 11.1 Å². The summed E-state index contributed by atoms with van der Waals surface area (Å²) in [6.45, 7) is 0. The Morgan fingerprint density at radius 3 is 1.58 bits per heavy atom. The zero-order valence-electron chi connectivity index (χ0n) is 25.8. The Morgan fingerprint density at radius 2 is 0.896 bits per heavy atom. The maximum Gasteiger partial charge on any atom is 0.101 e. The second kappa shape index (κ2) is 10.9. The van der Waals surface area contributed by atoms with Gasteiger partial charge in [-0.3, -0.25) is 0 Å². The summed E-state index contributed by atoms with van der Waals surface area (Å²) >= 11 is 0. The second-order valence-electron chi connectivity index (χ2n) is 12.0. The first kappa shape index (κ1) is 27.4. The van der Waals surface area contributed by atoms with Crippen molar-refractivity contribution in [2.75, 3.05) is 0 Å². The highest BCUT2D eigenvalue weighted by atomic mass is 15.0. The molecule has 0 fully saturated rings. The van der Waals surface area contributed by atoms with Crippen LogP contribution in [0.5, 0.6) is 0 Å². The van der Waals surface area contributed by atoms with E-state index in [9.17, 15) is 10.5 Å². The van der Waals surface area contributed by atoms with E-state index < -0.39 is 0 Å². The number of rotatable bonds is 4. The molecule has 0 aliphatic carbocycles. The minimum atomic E-state index is 0.573. The van der Waals surface area contributed by atoms with Gasteiger partial charge in [0.05, 0.1) is 45.0 Å². The van der Waals surface area contributed by atoms with Crippen LogP contribution in [0.2, 0.25) is 0 Å². The summed E-state index contributed by atoms with van der Waals surface area (Å²) in [5.74, 6) is 0. The molecule has 0 N–H and O–H groups in total. The van der Waals surface area contributed by atoms with E-state index in [-0.39, 0.29) is 0 Å². The lowest BCUT2D eigenvalue weighted by molar-refractivity contribution is 1.17. The lowest BCUT2D eigenvalue weighted by Gasteiger charge is -2.17. The average Bonchev–Trinajstić information content (AvgIpc) is 3.68. The molecule has 0 bridgehead atoms. The Balaban J connectivity index is 1.25. The summed E-state index contributed by atoms with van der Waals surface area (Å²) in [6.07, 6.45) is 0. The first-order chi connectivity index (χ1) is 23.7. The van der Waals surface area contributed by atoms with Crippen molar-refractivity contribution in [3.8, 4) is 45.8 Å². The van der Waals surface area contributed by atoms with Gasteiger partial charge < -0.3 is 9.13 Å². The van der Waals surface area contributed by atoms with E-state index in [1.54, 1.807) is 0 Å². The van der Waals surface area contributed by atoms with Crippen LogP contribution in [0.4, 0.5) is 0 Å². The van der Waals surface area contributed by atoms with Crippen molar-refractivity contribution in [1.82, 2.24) is 9.13 Å². The van der Waals surface area contributed by atoms with E-state index in [2.05, 4.69) is 137 Å². The van der Waals surface area contributed by atoms with Crippen LogP contribution in [0, 0.1) is 22.7 Å². The van der Waals surface area contributed by atoms with Gasteiger partial charge in [-0.25, -0.2) is 0 Å². The van der Waals surface area contributed by atoms with Crippen LogP contribution in [0.1, 0.15) is 11.1 Å². The van der Waals surface area contributed by atoms with Crippen molar-refractivity contribution in [2.24, 2.45) is 0 Å². The molecule has 9 rings (SSSR count). The molecule has 0 radical (unpaired) electrons. The highest BCUT2D eigenvalue weighted by molar-refractivity contribution is 6.12. The molecule has 4 nitrogen and oxygen atoms in total. The third-order valence-electron chi connectivity index (χ3n) is 9.39. The largest absolute Gasteiger partial charge is 0.309 e. The Kier molecular flexibility index (Phi) is 6.22. The third kappa shape index (κ3) is 4.07. The number of hydrogen-bond acceptors (Lipinski definition) is 2. The Hall–Kier alpha value is -6.88. The molecule has 0 aliphatic heterocycles. The lowest BCUT2D eigenvalue weighted by Crippen LogP contribution is -2.00. The quantitative estimate of drug-likeness (QED) is 0.199. The summed E-state index contributed by atoms with van der Waals surface area (Å²) in [6, 6.07) is 58.9. The normalized spacial score (nSPS) is 11.3. The van der Waals surface area contributed by atoms with Crippen LogP contribution in [0.3, 0.4) is 0 Å². The van der Waals surface area contributed by atoms with Crippen LogP contribution < -0.4 is 0 Å². The number of benzene rings is 7. The molecule has 9 aromatic rings. The van der Waals surface area contributed by atoms with Crippen molar-refractivity contribution < 1.29 is 0 Å². The van der Waals surface area contributed by atoms with E-state index in [4.69, 9.17) is 0 Å². The minimum absolute atomic E-state index is 0.573. The van der Waals surface area contributed by atoms with Crippen LogP contribution in [0.15, 0.2) is 158 Å². The maximum absolute atomic E-state index is 10.4. The molecule has 2 heterocycles. The van der Waals surface area contributed by atoms with Gasteiger partial charge in [-0.05, 0) is 71.3 Å². The number of nitrogens with zero attached hydrogens (tertiary/aromatic N) is 4. The first-order valence-electron chi connectivity index (χ1n) is 15.9. The molecule has 0 amide bonds. The van der Waals surface area contributed by atoms with Gasteiger partial charge in [-0.2, -0.15) is 10.5 Å². The molecular weight excluding hydrogens is 585 g/mol. The molecule has 0 aliphatic rings. The van der Waals surface area contributed by atoms with Crippen LogP contribution >= 0.6 is 0 Å². The van der Waals surface area contributed by atoms with Crippen LogP contribution in [-0.4, -0.2) is 9.13 Å². The van der Waals surface area contributed by atoms with Crippen molar-refractivity contribution in [1.29, 1.82) is 10.5 Å². The summed E-state index contributed by atoms with van der Waals surface area (Å²) in [4.78, 5) is 0. The highest BCUT2D eigenvalue weighted by Gasteiger charge is 2.20. The van der Waals surface area contributed by atoms with E-state index >= 15 is 0 Å². The average molecular weight is 611 g/mol. The van der Waals surface area contributed by atoms with Crippen molar-refractivity contribution >= 4 is 43.6 Å². The topological polar surface area (TPSA) is 57.4 Å². The van der Waals surface area contributed by atoms with Crippen molar-refractivity contribution in [3.63, 3.8) is 0 Å². The molecule has 222 valence electrons. The van der Waals surface area contributed by atoms with Gasteiger partial charge in [-0.1, -0.05) is 103 Å². The molecule has 0 saturated heterocycles. The molecule has 2 aromatic heterocycles. The fourth-order valence-electron chi connectivity index (χ4n) is 7.36. The van der Waals surface area contributed by atoms with Gasteiger partial charge in [0.2, 0.25) is 0 Å². The Bertz CT molecular complexity index is 2760. The summed E-state index contributed by atoms with van der Waals surface area (Å²) in [5, 5.41) is 25.1. The van der Waals surface area contributed by atoms with Gasteiger partial charge >= 0.3 is 0 Å². The molecular formula is C44H26N4. The monoisotopic (exact) mass is 610 g/mol. The molecule has 4 heteroatoms. The maximum atomic E-state index is 10.4. The molecule has 0 saturated carbocycles. The number of para-hydroxylation sites is 4. The van der Waals surface area contributed by atoms with Crippen molar-refractivity contribution in [2.45, 2.75) is 0 Å².